The fourth-order valence-electron chi connectivity index (χ4n) is 3.00. The lowest BCUT2D eigenvalue weighted by molar-refractivity contribution is 0.310. The van der Waals surface area contributed by atoms with Crippen molar-refractivity contribution in [2.45, 2.75) is 58.5 Å². The minimum absolute atomic E-state index is 0.0246. The Balaban J connectivity index is 1.97. The number of furan rings is 1. The lowest BCUT2D eigenvalue weighted by atomic mass is 9.83. The van der Waals surface area contributed by atoms with Crippen molar-refractivity contribution in [3.8, 4) is 0 Å². The van der Waals surface area contributed by atoms with Gasteiger partial charge >= 0.3 is 0 Å². The van der Waals surface area contributed by atoms with Crippen LogP contribution in [0, 0.1) is 12.7 Å². The maximum atomic E-state index is 13.0. The number of nitrogens with one attached hydrogen (secondary N) is 1. The van der Waals surface area contributed by atoms with Crippen LogP contribution in [-0.2, 0) is 5.41 Å². The Hall–Kier alpha value is -1.61. The topological polar surface area (TPSA) is 25.2 Å². The molecule has 0 aliphatic heterocycles. The molecule has 0 aliphatic carbocycles. The minimum Gasteiger partial charge on any atom is -0.466 e. The predicted molar refractivity (Wildman–Crippen MR) is 88.5 cm³/mol. The van der Waals surface area contributed by atoms with Crippen LogP contribution in [-0.4, -0.2) is 6.04 Å². The van der Waals surface area contributed by atoms with Crippen LogP contribution in [0.3, 0.4) is 0 Å². The van der Waals surface area contributed by atoms with Gasteiger partial charge in [-0.05, 0) is 57.0 Å². The molecule has 0 saturated carbocycles. The summed E-state index contributed by atoms with van der Waals surface area (Å²) in [4.78, 5) is 0. The van der Waals surface area contributed by atoms with Crippen LogP contribution in [0.1, 0.15) is 57.2 Å². The molecule has 0 spiro atoms. The number of hydrogen-bond donors (Lipinski definition) is 1. The van der Waals surface area contributed by atoms with E-state index >= 15 is 0 Å². The SMILES string of the molecule is Cc1ccc(C(C)(C)C[C@@H](C)N[C@H](C)c2ccc(F)cc2)o1. The van der Waals surface area contributed by atoms with Gasteiger partial charge in [-0.15, -0.1) is 0 Å². The van der Waals surface area contributed by atoms with Crippen molar-refractivity contribution in [1.82, 2.24) is 5.32 Å². The Labute approximate surface area is 132 Å². The summed E-state index contributed by atoms with van der Waals surface area (Å²) in [6, 6.07) is 11.3. The third-order valence-corrected chi connectivity index (χ3v) is 4.13. The number of hydrogen-bond acceptors (Lipinski definition) is 2. The third kappa shape index (κ3) is 4.20. The van der Waals surface area contributed by atoms with Gasteiger partial charge in [0.1, 0.15) is 17.3 Å². The van der Waals surface area contributed by atoms with Crippen molar-refractivity contribution in [1.29, 1.82) is 0 Å². The summed E-state index contributed by atoms with van der Waals surface area (Å²) in [7, 11) is 0. The van der Waals surface area contributed by atoms with Crippen molar-refractivity contribution < 1.29 is 8.81 Å². The lowest BCUT2D eigenvalue weighted by Gasteiger charge is -2.29. The van der Waals surface area contributed by atoms with E-state index in [2.05, 4.69) is 39.1 Å². The largest absolute Gasteiger partial charge is 0.466 e. The molecule has 1 aromatic heterocycles. The molecule has 1 N–H and O–H groups in total. The predicted octanol–water partition coefficient (Wildman–Crippen LogP) is 5.13. The molecule has 22 heavy (non-hydrogen) atoms. The van der Waals surface area contributed by atoms with E-state index in [1.165, 1.54) is 12.1 Å². The standard InChI is InChI=1S/C19H26FNO/c1-13(12-19(4,5)18-11-6-14(2)22-18)21-15(3)16-7-9-17(20)10-8-16/h6-11,13,15,21H,12H2,1-5H3/t13-,15-/m1/s1. The fraction of sp³-hybridized carbons (Fsp3) is 0.474. The summed E-state index contributed by atoms with van der Waals surface area (Å²) in [5.74, 6) is 1.77. The zero-order chi connectivity index (χ0) is 16.3. The van der Waals surface area contributed by atoms with Gasteiger partial charge in [0.15, 0.2) is 0 Å². The smallest absolute Gasteiger partial charge is 0.123 e. The molecule has 0 aliphatic rings. The van der Waals surface area contributed by atoms with Gasteiger partial charge in [-0.3, -0.25) is 0 Å². The van der Waals surface area contributed by atoms with Gasteiger partial charge in [0.2, 0.25) is 0 Å². The number of benzene rings is 1. The molecule has 0 saturated heterocycles. The van der Waals surface area contributed by atoms with Crippen LogP contribution < -0.4 is 5.32 Å². The fourth-order valence-corrected chi connectivity index (χ4v) is 3.00. The maximum Gasteiger partial charge on any atom is 0.123 e. The van der Waals surface area contributed by atoms with E-state index in [1.807, 2.05) is 25.1 Å². The second-order valence-corrected chi connectivity index (χ2v) is 6.84. The highest BCUT2D eigenvalue weighted by Crippen LogP contribution is 2.30. The van der Waals surface area contributed by atoms with E-state index in [-0.39, 0.29) is 17.3 Å². The van der Waals surface area contributed by atoms with Gasteiger partial charge in [0.05, 0.1) is 0 Å². The molecule has 120 valence electrons. The van der Waals surface area contributed by atoms with E-state index in [4.69, 9.17) is 4.42 Å². The first kappa shape index (κ1) is 16.8. The summed E-state index contributed by atoms with van der Waals surface area (Å²) in [5, 5.41) is 3.58. The van der Waals surface area contributed by atoms with Crippen molar-refractivity contribution in [3.05, 3.63) is 59.3 Å². The monoisotopic (exact) mass is 303 g/mol. The zero-order valence-corrected chi connectivity index (χ0v) is 14.1. The Morgan fingerprint density at radius 3 is 2.27 bits per heavy atom. The van der Waals surface area contributed by atoms with Crippen LogP contribution >= 0.6 is 0 Å². The van der Waals surface area contributed by atoms with E-state index in [0.717, 1.165) is 23.5 Å². The molecular weight excluding hydrogens is 277 g/mol. The van der Waals surface area contributed by atoms with Crippen LogP contribution in [0.15, 0.2) is 40.8 Å². The highest BCUT2D eigenvalue weighted by atomic mass is 19.1. The molecule has 2 rings (SSSR count). The summed E-state index contributed by atoms with van der Waals surface area (Å²) in [6.07, 6.45) is 0.964. The average molecular weight is 303 g/mol. The van der Waals surface area contributed by atoms with Gasteiger partial charge in [0, 0.05) is 17.5 Å². The molecular formula is C19H26FNO. The molecule has 0 amide bonds. The van der Waals surface area contributed by atoms with E-state index in [9.17, 15) is 4.39 Å². The Bertz CT molecular complexity index is 600. The van der Waals surface area contributed by atoms with Gasteiger partial charge < -0.3 is 9.73 Å². The molecule has 0 fully saturated rings. The summed E-state index contributed by atoms with van der Waals surface area (Å²) in [5.41, 5.74) is 1.07. The zero-order valence-electron chi connectivity index (χ0n) is 14.1. The van der Waals surface area contributed by atoms with Gasteiger partial charge in [-0.2, -0.15) is 0 Å². The Morgan fingerprint density at radius 2 is 1.73 bits per heavy atom. The first-order chi connectivity index (χ1) is 10.3. The van der Waals surface area contributed by atoms with Crippen molar-refractivity contribution in [2.24, 2.45) is 0 Å². The van der Waals surface area contributed by atoms with E-state index in [0.29, 0.717) is 6.04 Å². The molecule has 2 nitrogen and oxygen atoms in total. The van der Waals surface area contributed by atoms with Crippen molar-refractivity contribution in [2.75, 3.05) is 0 Å². The van der Waals surface area contributed by atoms with Crippen molar-refractivity contribution in [3.63, 3.8) is 0 Å². The maximum absolute atomic E-state index is 13.0. The highest BCUT2D eigenvalue weighted by Gasteiger charge is 2.27. The van der Waals surface area contributed by atoms with Crippen LogP contribution in [0.4, 0.5) is 4.39 Å². The van der Waals surface area contributed by atoms with E-state index in [1.54, 1.807) is 0 Å². The summed E-state index contributed by atoms with van der Waals surface area (Å²) < 4.78 is 18.8. The molecule has 1 aromatic carbocycles. The molecule has 0 unspecified atom stereocenters. The summed E-state index contributed by atoms with van der Waals surface area (Å²) in [6.45, 7) is 10.7. The van der Waals surface area contributed by atoms with Crippen LogP contribution in [0.25, 0.3) is 0 Å². The molecule has 2 atom stereocenters. The second-order valence-electron chi connectivity index (χ2n) is 6.84. The molecule has 0 radical (unpaired) electrons. The third-order valence-electron chi connectivity index (χ3n) is 4.13. The first-order valence-electron chi connectivity index (χ1n) is 7.86. The Kier molecular flexibility index (Phi) is 5.07. The quantitative estimate of drug-likeness (QED) is 0.800. The highest BCUT2D eigenvalue weighted by molar-refractivity contribution is 5.20. The Morgan fingerprint density at radius 1 is 1.09 bits per heavy atom. The van der Waals surface area contributed by atoms with Crippen LogP contribution in [0.5, 0.6) is 0 Å². The number of aryl methyl sites for hydroxylation is 1. The van der Waals surface area contributed by atoms with E-state index < -0.39 is 0 Å². The first-order valence-corrected chi connectivity index (χ1v) is 7.86. The molecule has 0 bridgehead atoms. The number of halogens is 1. The van der Waals surface area contributed by atoms with Crippen molar-refractivity contribution >= 4 is 0 Å². The van der Waals surface area contributed by atoms with Gasteiger partial charge in [-0.25, -0.2) is 4.39 Å². The number of rotatable bonds is 6. The summed E-state index contributed by atoms with van der Waals surface area (Å²) >= 11 is 0. The normalized spacial score (nSPS) is 14.8. The van der Waals surface area contributed by atoms with Gasteiger partial charge in [-0.1, -0.05) is 26.0 Å². The van der Waals surface area contributed by atoms with Crippen LogP contribution in [0.2, 0.25) is 0 Å². The molecule has 2 aromatic rings. The second kappa shape index (κ2) is 6.66. The van der Waals surface area contributed by atoms with Gasteiger partial charge in [0.25, 0.3) is 0 Å². The molecule has 3 heteroatoms. The average Bonchev–Trinajstić information content (AvgIpc) is 2.86. The lowest BCUT2D eigenvalue weighted by Crippen LogP contribution is -2.34. The molecule has 1 heterocycles. The minimum atomic E-state index is -0.196.